The average Bonchev–Trinajstić information content (AvgIpc) is 2.16. The minimum absolute atomic E-state index is 0.00639. The topological polar surface area (TPSA) is 90.5 Å². The zero-order valence-electron chi connectivity index (χ0n) is 7.22. The molecule has 1 aromatic rings. The lowest BCUT2D eigenvalue weighted by Gasteiger charge is -2.02. The molecule has 0 aromatic heterocycles. The molecule has 0 aliphatic carbocycles. The lowest BCUT2D eigenvalue weighted by molar-refractivity contribution is -0.463. The highest BCUT2D eigenvalue weighted by Crippen LogP contribution is 2.02. The minimum atomic E-state index is -0.502. The van der Waals surface area contributed by atoms with Crippen molar-refractivity contribution in [2.24, 2.45) is 16.6 Å². The van der Waals surface area contributed by atoms with Gasteiger partial charge in [-0.1, -0.05) is 18.2 Å². The van der Waals surface area contributed by atoms with Crippen LogP contribution in [0.5, 0.6) is 0 Å². The van der Waals surface area contributed by atoms with Gasteiger partial charge in [-0.15, -0.1) is 9.95 Å². The quantitative estimate of drug-likeness (QED) is 0.228. The number of rotatable bonds is 2. The molecule has 0 radical (unpaired) electrons. The number of nitrogens with zero attached hydrogens (tertiary/aromatic N) is 2. The van der Waals surface area contributed by atoms with Crippen molar-refractivity contribution in [3.05, 3.63) is 40.9 Å². The summed E-state index contributed by atoms with van der Waals surface area (Å²) in [5.74, 6) is -0.974. The van der Waals surface area contributed by atoms with Gasteiger partial charge < -0.3 is 5.21 Å². The number of hydrogen-bond donors (Lipinski definition) is 2. The van der Waals surface area contributed by atoms with Crippen molar-refractivity contribution in [1.29, 1.82) is 0 Å². The monoisotopic (exact) mass is 196 g/mol. The molecule has 0 unspecified atom stereocenters. The summed E-state index contributed by atoms with van der Waals surface area (Å²) >= 11 is 0. The van der Waals surface area contributed by atoms with Crippen LogP contribution in [0.3, 0.4) is 0 Å². The summed E-state index contributed by atoms with van der Waals surface area (Å²) in [4.78, 5) is 0.00639. The van der Waals surface area contributed by atoms with Crippen molar-refractivity contribution in [2.75, 3.05) is 0 Å². The van der Waals surface area contributed by atoms with Crippen molar-refractivity contribution in [3.8, 4) is 0 Å². The van der Waals surface area contributed by atoms with Crippen molar-refractivity contribution in [1.82, 2.24) is 0 Å². The number of benzene rings is 1. The molecule has 14 heavy (non-hydrogen) atoms. The highest BCUT2D eigenvalue weighted by atomic mass is 19.1. The lowest BCUT2D eigenvalue weighted by atomic mass is 10.2. The summed E-state index contributed by atoms with van der Waals surface area (Å²) in [6.45, 7) is 0. The summed E-state index contributed by atoms with van der Waals surface area (Å²) in [6.07, 6.45) is 1.04. The van der Waals surface area contributed by atoms with Crippen LogP contribution in [-0.4, -0.2) is 17.0 Å². The Kier molecular flexibility index (Phi) is 3.01. The Morgan fingerprint density at radius 1 is 1.43 bits per heavy atom. The average molecular weight is 196 g/mol. The van der Waals surface area contributed by atoms with Crippen LogP contribution in [0.4, 0.5) is 4.39 Å². The van der Waals surface area contributed by atoms with Gasteiger partial charge in [0.1, 0.15) is 5.82 Å². The number of nitrogens with two attached hydrogens (primary N) is 2. The fourth-order valence-corrected chi connectivity index (χ4v) is 0.761. The highest BCUT2D eigenvalue weighted by molar-refractivity contribution is 5.79. The van der Waals surface area contributed by atoms with E-state index in [1.54, 1.807) is 6.07 Å². The van der Waals surface area contributed by atoms with Crippen molar-refractivity contribution >= 4 is 12.2 Å². The number of hydrazone groups is 1. The fraction of sp³-hybridized carbons (Fsp3) is 0. The summed E-state index contributed by atoms with van der Waals surface area (Å²) in [5.41, 5.74) is 10.1. The molecule has 1 aromatic carbocycles. The van der Waals surface area contributed by atoms with E-state index >= 15 is 0 Å². The fourth-order valence-electron chi connectivity index (χ4n) is 0.761. The van der Waals surface area contributed by atoms with Gasteiger partial charge in [0.2, 0.25) is 0 Å². The largest absolute Gasteiger partial charge is 0.722 e. The molecule has 5 nitrogen and oxygen atoms in total. The van der Waals surface area contributed by atoms with Gasteiger partial charge in [0.05, 0.1) is 6.21 Å². The van der Waals surface area contributed by atoms with Crippen LogP contribution >= 0.6 is 0 Å². The Balaban J connectivity index is 2.90. The molecule has 0 saturated heterocycles. The van der Waals surface area contributed by atoms with Crippen molar-refractivity contribution < 1.29 is 9.24 Å². The van der Waals surface area contributed by atoms with Crippen LogP contribution in [0.1, 0.15) is 5.56 Å². The van der Waals surface area contributed by atoms with E-state index in [9.17, 15) is 9.60 Å². The molecule has 4 N–H and O–H groups in total. The summed E-state index contributed by atoms with van der Waals surface area (Å²) < 4.78 is 13.0. The van der Waals surface area contributed by atoms with Crippen molar-refractivity contribution in [3.63, 3.8) is 0 Å². The van der Waals surface area contributed by atoms with Crippen LogP contribution in [0.15, 0.2) is 29.4 Å². The second-order valence-corrected chi connectivity index (χ2v) is 2.46. The second kappa shape index (κ2) is 4.22. The van der Waals surface area contributed by atoms with Gasteiger partial charge >= 0.3 is 5.96 Å². The zero-order chi connectivity index (χ0) is 10.6. The van der Waals surface area contributed by atoms with Crippen LogP contribution in [0.25, 0.3) is 0 Å². The van der Waals surface area contributed by atoms with E-state index in [4.69, 9.17) is 11.5 Å². The van der Waals surface area contributed by atoms with E-state index in [0.717, 1.165) is 6.21 Å². The first-order valence-corrected chi connectivity index (χ1v) is 3.75. The van der Waals surface area contributed by atoms with Gasteiger partial charge in [0.25, 0.3) is 0 Å². The van der Waals surface area contributed by atoms with Gasteiger partial charge in [-0.3, -0.25) is 11.5 Å². The number of hydrogen-bond acceptors (Lipinski definition) is 2. The molecular weight excluding hydrogens is 187 g/mol. The van der Waals surface area contributed by atoms with E-state index in [1.165, 1.54) is 18.2 Å². The van der Waals surface area contributed by atoms with Gasteiger partial charge in [0, 0.05) is 5.56 Å². The van der Waals surface area contributed by atoms with Crippen LogP contribution < -0.4 is 11.5 Å². The molecule has 0 fully saturated rings. The summed E-state index contributed by atoms with van der Waals surface area (Å²) in [7, 11) is 0. The SMILES string of the molecule is NC(N)=[N+]([O-])N=Cc1ccccc1F. The zero-order valence-corrected chi connectivity index (χ0v) is 7.22. The third-order valence-electron chi connectivity index (χ3n) is 1.43. The van der Waals surface area contributed by atoms with E-state index in [0.29, 0.717) is 0 Å². The molecule has 0 amide bonds. The van der Waals surface area contributed by atoms with Gasteiger partial charge in [-0.05, 0) is 6.07 Å². The predicted octanol–water partition coefficient (Wildman–Crippen LogP) is -0.0567. The lowest BCUT2D eigenvalue weighted by Crippen LogP contribution is -2.30. The Morgan fingerprint density at radius 3 is 2.64 bits per heavy atom. The number of guanidine groups is 1. The first-order chi connectivity index (χ1) is 6.61. The Bertz CT molecular complexity index is 385. The summed E-state index contributed by atoms with van der Waals surface area (Å²) in [5, 5.41) is 14.0. The van der Waals surface area contributed by atoms with Gasteiger partial charge in [-0.2, -0.15) is 0 Å². The molecule has 0 atom stereocenters. The van der Waals surface area contributed by atoms with Crippen LogP contribution in [-0.2, 0) is 0 Å². The second-order valence-electron chi connectivity index (χ2n) is 2.46. The molecule has 74 valence electrons. The molecule has 0 saturated carbocycles. The van der Waals surface area contributed by atoms with E-state index in [-0.39, 0.29) is 10.4 Å². The molecule has 6 heteroatoms. The maximum atomic E-state index is 13.0. The highest BCUT2D eigenvalue weighted by Gasteiger charge is 1.96. The van der Waals surface area contributed by atoms with E-state index in [1.807, 2.05) is 0 Å². The van der Waals surface area contributed by atoms with E-state index in [2.05, 4.69) is 5.10 Å². The first kappa shape index (κ1) is 9.97. The third kappa shape index (κ3) is 2.44. The minimum Gasteiger partial charge on any atom is -0.722 e. The molecule has 1 rings (SSSR count). The standard InChI is InChI=1S/C8H9FN4O/c9-7-4-2-1-3-6(7)5-12-13(14)8(10)11/h1-5H,10-11H2. The maximum absolute atomic E-state index is 13.0. The normalized spacial score (nSPS) is 10.4. The molecule has 0 heterocycles. The molecule has 0 spiro atoms. The molecule has 0 aliphatic rings. The van der Waals surface area contributed by atoms with Gasteiger partial charge in [-0.25, -0.2) is 4.39 Å². The molecule has 0 aliphatic heterocycles. The number of halogens is 1. The third-order valence-corrected chi connectivity index (χ3v) is 1.43. The smallest absolute Gasteiger partial charge is 0.366 e. The molecule has 0 bridgehead atoms. The van der Waals surface area contributed by atoms with Crippen molar-refractivity contribution in [2.45, 2.75) is 0 Å². The van der Waals surface area contributed by atoms with Crippen LogP contribution in [0, 0.1) is 11.0 Å². The molecular formula is C8H9FN4O. The first-order valence-electron chi connectivity index (χ1n) is 3.75. The van der Waals surface area contributed by atoms with E-state index < -0.39 is 11.8 Å². The Labute approximate surface area is 79.7 Å². The maximum Gasteiger partial charge on any atom is 0.366 e. The Hall–Kier alpha value is -2.11. The Morgan fingerprint density at radius 2 is 2.07 bits per heavy atom. The van der Waals surface area contributed by atoms with Gasteiger partial charge in [0.15, 0.2) is 0 Å². The van der Waals surface area contributed by atoms with Crippen LogP contribution in [0.2, 0.25) is 0 Å². The predicted molar refractivity (Wildman–Crippen MR) is 51.0 cm³/mol. The summed E-state index contributed by atoms with van der Waals surface area (Å²) in [6, 6.07) is 5.88.